The van der Waals surface area contributed by atoms with E-state index in [1.165, 1.54) is 17.7 Å². The summed E-state index contributed by atoms with van der Waals surface area (Å²) in [5.74, 6) is 0.400. The van der Waals surface area contributed by atoms with E-state index in [9.17, 15) is 9.18 Å². The molecule has 0 aliphatic carbocycles. The van der Waals surface area contributed by atoms with Gasteiger partial charge in [-0.1, -0.05) is 55.7 Å². The Kier molecular flexibility index (Phi) is 5.36. The molecule has 1 unspecified atom stereocenters. The van der Waals surface area contributed by atoms with Crippen molar-refractivity contribution in [3.63, 3.8) is 0 Å². The van der Waals surface area contributed by atoms with Crippen LogP contribution >= 0.6 is 11.6 Å². The van der Waals surface area contributed by atoms with E-state index >= 15 is 0 Å². The minimum atomic E-state index is -0.399. The number of hydrogen-bond donors (Lipinski definition) is 0. The molecule has 1 atom stereocenters. The maximum absolute atomic E-state index is 13.3. The molecule has 0 bridgehead atoms. The molecule has 30 heavy (non-hydrogen) atoms. The van der Waals surface area contributed by atoms with Crippen LogP contribution in [-0.4, -0.2) is 27.5 Å². The highest BCUT2D eigenvalue weighted by Crippen LogP contribution is 2.31. The molecule has 0 N–H and O–H groups in total. The third-order valence-corrected chi connectivity index (χ3v) is 5.75. The maximum Gasteiger partial charge on any atom is 0.257 e. The summed E-state index contributed by atoms with van der Waals surface area (Å²) in [5, 5.41) is 4.42. The Balaban J connectivity index is 1.47. The third-order valence-electron chi connectivity index (χ3n) is 5.40. The van der Waals surface area contributed by atoms with Crippen LogP contribution in [0.5, 0.6) is 0 Å². The third kappa shape index (κ3) is 4.24. The average Bonchev–Trinajstić information content (AvgIpc) is 3.31. The maximum atomic E-state index is 13.3. The molecular weight excluding hydrogens is 405 g/mol. The second kappa shape index (κ2) is 7.84. The van der Waals surface area contributed by atoms with Crippen molar-refractivity contribution in [1.29, 1.82) is 0 Å². The van der Waals surface area contributed by atoms with E-state index in [1.807, 2.05) is 12.1 Å². The van der Waals surface area contributed by atoms with E-state index in [1.54, 1.807) is 11.0 Å². The first-order chi connectivity index (χ1) is 14.2. The van der Waals surface area contributed by atoms with Crippen molar-refractivity contribution in [2.45, 2.75) is 45.1 Å². The van der Waals surface area contributed by atoms with Gasteiger partial charge in [-0.25, -0.2) is 4.39 Å². The molecule has 7 heteroatoms. The predicted octanol–water partition coefficient (Wildman–Crippen LogP) is 5.34. The molecule has 1 aliphatic heterocycles. The van der Waals surface area contributed by atoms with Crippen LogP contribution in [-0.2, 0) is 16.8 Å². The van der Waals surface area contributed by atoms with Crippen molar-refractivity contribution >= 4 is 17.5 Å². The summed E-state index contributed by atoms with van der Waals surface area (Å²) in [6, 6.07) is 12.3. The smallest absolute Gasteiger partial charge is 0.257 e. The quantitative estimate of drug-likeness (QED) is 0.563. The number of nitrogens with zero attached hydrogens (tertiary/aromatic N) is 3. The molecule has 0 spiro atoms. The number of likely N-dealkylation sites (tertiary alicyclic amines) is 1. The first-order valence-electron chi connectivity index (χ1n) is 9.87. The van der Waals surface area contributed by atoms with E-state index in [4.69, 9.17) is 16.1 Å². The van der Waals surface area contributed by atoms with Gasteiger partial charge in [-0.05, 0) is 40.8 Å². The molecule has 3 aromatic rings. The summed E-state index contributed by atoms with van der Waals surface area (Å²) >= 11 is 6.10. The molecule has 2 aromatic carbocycles. The first-order valence-corrected chi connectivity index (χ1v) is 10.2. The Morgan fingerprint density at radius 1 is 1.20 bits per heavy atom. The largest absolute Gasteiger partial charge is 0.338 e. The number of carbonyl (C=O) groups excluding carboxylic acids is 1. The van der Waals surface area contributed by atoms with Gasteiger partial charge in [0, 0.05) is 36.0 Å². The monoisotopic (exact) mass is 427 g/mol. The number of benzene rings is 2. The normalized spacial score (nSPS) is 17.0. The molecule has 2 heterocycles. The lowest BCUT2D eigenvalue weighted by molar-refractivity contribution is -0.128. The zero-order valence-electron chi connectivity index (χ0n) is 17.2. The van der Waals surface area contributed by atoms with E-state index in [0.717, 1.165) is 5.56 Å². The summed E-state index contributed by atoms with van der Waals surface area (Å²) < 4.78 is 18.7. The summed E-state index contributed by atoms with van der Waals surface area (Å²) in [4.78, 5) is 18.7. The van der Waals surface area contributed by atoms with Gasteiger partial charge in [-0.15, -0.1) is 0 Å². The van der Waals surface area contributed by atoms with Gasteiger partial charge < -0.3 is 9.42 Å². The standard InChI is InChI=1S/C23H23ClFN3O2/c1-23(2,3)17-7-4-14(5-8-17)22-26-21(27-30-22)16-10-20(29)28(13-16)12-15-6-9-18(25)11-19(15)24/h4-9,11,16H,10,12-13H2,1-3H3. The van der Waals surface area contributed by atoms with Gasteiger partial charge in [-0.3, -0.25) is 4.79 Å². The molecule has 0 saturated carbocycles. The van der Waals surface area contributed by atoms with Crippen molar-refractivity contribution in [2.75, 3.05) is 6.54 Å². The molecule has 1 saturated heterocycles. The van der Waals surface area contributed by atoms with Crippen molar-refractivity contribution in [2.24, 2.45) is 0 Å². The van der Waals surface area contributed by atoms with Crippen LogP contribution in [0.2, 0.25) is 5.02 Å². The number of aromatic nitrogens is 2. The number of halogens is 2. The van der Waals surface area contributed by atoms with Gasteiger partial charge in [0.05, 0.1) is 0 Å². The fraction of sp³-hybridized carbons (Fsp3) is 0.348. The lowest BCUT2D eigenvalue weighted by Crippen LogP contribution is -2.24. The van der Waals surface area contributed by atoms with Crippen molar-refractivity contribution in [3.8, 4) is 11.5 Å². The number of rotatable bonds is 4. The Morgan fingerprint density at radius 2 is 1.93 bits per heavy atom. The lowest BCUT2D eigenvalue weighted by Gasteiger charge is -2.18. The van der Waals surface area contributed by atoms with Crippen LogP contribution in [0, 0.1) is 5.82 Å². The first kappa shape index (κ1) is 20.5. The summed E-state index contributed by atoms with van der Waals surface area (Å²) in [5.41, 5.74) is 2.85. The molecule has 1 fully saturated rings. The SMILES string of the molecule is CC(C)(C)c1ccc(-c2nc(C3CC(=O)N(Cc4ccc(F)cc4Cl)C3)no2)cc1. The molecular formula is C23H23ClFN3O2. The van der Waals surface area contributed by atoms with Gasteiger partial charge >= 0.3 is 0 Å². The number of amides is 1. The molecule has 156 valence electrons. The minimum Gasteiger partial charge on any atom is -0.338 e. The van der Waals surface area contributed by atoms with Crippen LogP contribution in [0.25, 0.3) is 11.5 Å². The highest BCUT2D eigenvalue weighted by Gasteiger charge is 2.34. The van der Waals surface area contributed by atoms with Gasteiger partial charge in [-0.2, -0.15) is 4.98 Å². The average molecular weight is 428 g/mol. The Hall–Kier alpha value is -2.73. The number of carbonyl (C=O) groups is 1. The highest BCUT2D eigenvalue weighted by atomic mass is 35.5. The predicted molar refractivity (Wildman–Crippen MR) is 113 cm³/mol. The second-order valence-corrected chi connectivity index (χ2v) is 9.10. The van der Waals surface area contributed by atoms with Crippen LogP contribution < -0.4 is 0 Å². The zero-order valence-corrected chi connectivity index (χ0v) is 17.9. The van der Waals surface area contributed by atoms with E-state index in [0.29, 0.717) is 41.8 Å². The fourth-order valence-electron chi connectivity index (χ4n) is 3.58. The van der Waals surface area contributed by atoms with E-state index in [2.05, 4.69) is 43.0 Å². The Bertz CT molecular complexity index is 1070. The summed E-state index contributed by atoms with van der Waals surface area (Å²) in [6.45, 7) is 7.28. The molecule has 4 rings (SSSR count). The van der Waals surface area contributed by atoms with Crippen molar-refractivity contribution in [3.05, 3.63) is 70.3 Å². The highest BCUT2D eigenvalue weighted by molar-refractivity contribution is 6.31. The summed E-state index contributed by atoms with van der Waals surface area (Å²) in [7, 11) is 0. The van der Waals surface area contributed by atoms with Crippen LogP contribution in [0.1, 0.15) is 50.1 Å². The van der Waals surface area contributed by atoms with Crippen LogP contribution in [0.15, 0.2) is 47.0 Å². The topological polar surface area (TPSA) is 59.2 Å². The van der Waals surface area contributed by atoms with Gasteiger partial charge in [0.2, 0.25) is 5.91 Å². The summed E-state index contributed by atoms with van der Waals surface area (Å²) in [6.07, 6.45) is 0.306. The number of hydrogen-bond acceptors (Lipinski definition) is 4. The molecule has 1 aromatic heterocycles. The van der Waals surface area contributed by atoms with E-state index < -0.39 is 5.82 Å². The lowest BCUT2D eigenvalue weighted by atomic mass is 9.87. The van der Waals surface area contributed by atoms with Crippen molar-refractivity contribution < 1.29 is 13.7 Å². The molecule has 1 amide bonds. The van der Waals surface area contributed by atoms with Gasteiger partial charge in [0.25, 0.3) is 5.89 Å². The molecule has 1 aliphatic rings. The van der Waals surface area contributed by atoms with Crippen LogP contribution in [0.4, 0.5) is 4.39 Å². The van der Waals surface area contributed by atoms with Gasteiger partial charge in [0.1, 0.15) is 5.82 Å². The molecule has 5 nitrogen and oxygen atoms in total. The zero-order chi connectivity index (χ0) is 21.5. The second-order valence-electron chi connectivity index (χ2n) is 8.70. The Morgan fingerprint density at radius 3 is 2.60 bits per heavy atom. The minimum absolute atomic E-state index is 0.0127. The van der Waals surface area contributed by atoms with Crippen molar-refractivity contribution in [1.82, 2.24) is 15.0 Å². The van der Waals surface area contributed by atoms with Crippen LogP contribution in [0.3, 0.4) is 0 Å². The fourth-order valence-corrected chi connectivity index (χ4v) is 3.81. The van der Waals surface area contributed by atoms with Gasteiger partial charge in [0.15, 0.2) is 5.82 Å². The Labute approximate surface area is 179 Å². The molecule has 0 radical (unpaired) electrons. The van der Waals surface area contributed by atoms with E-state index in [-0.39, 0.29) is 17.2 Å².